The lowest BCUT2D eigenvalue weighted by molar-refractivity contribution is 0.200. The first-order valence-corrected chi connectivity index (χ1v) is 7.49. The molecule has 0 radical (unpaired) electrons. The Morgan fingerprint density at radius 1 is 1.16 bits per heavy atom. The van der Waals surface area contributed by atoms with Crippen molar-refractivity contribution in [2.24, 2.45) is 0 Å². The number of nitrogens with zero attached hydrogens (tertiary/aromatic N) is 1. The van der Waals surface area contributed by atoms with Crippen LogP contribution in [0.4, 0.5) is 0 Å². The van der Waals surface area contributed by atoms with E-state index in [1.54, 1.807) is 17.4 Å². The molecule has 1 aromatic carbocycles. The first kappa shape index (κ1) is 12.7. The van der Waals surface area contributed by atoms with Gasteiger partial charge in [-0.1, -0.05) is 18.2 Å². The van der Waals surface area contributed by atoms with Crippen molar-refractivity contribution in [1.82, 2.24) is 10.2 Å². The molecule has 100 valence electrons. The number of rotatable bonds is 3. The van der Waals surface area contributed by atoms with Gasteiger partial charge in [0.15, 0.2) is 0 Å². The van der Waals surface area contributed by atoms with Gasteiger partial charge in [-0.2, -0.15) is 0 Å². The highest BCUT2D eigenvalue weighted by molar-refractivity contribution is 7.10. The summed E-state index contributed by atoms with van der Waals surface area (Å²) in [6.45, 7) is 4.14. The third-order valence-electron chi connectivity index (χ3n) is 3.52. The predicted octanol–water partition coefficient (Wildman–Crippen LogP) is 2.45. The minimum atomic E-state index is 0.259. The summed E-state index contributed by atoms with van der Waals surface area (Å²) < 4.78 is 0. The molecule has 4 heteroatoms. The fraction of sp³-hybridized carbons (Fsp3) is 0.333. The van der Waals surface area contributed by atoms with Crippen LogP contribution in [0, 0.1) is 0 Å². The van der Waals surface area contributed by atoms with Gasteiger partial charge in [0.25, 0.3) is 0 Å². The molecule has 1 atom stereocenters. The van der Waals surface area contributed by atoms with Crippen LogP contribution in [-0.2, 0) is 0 Å². The molecule has 2 heterocycles. The van der Waals surface area contributed by atoms with Crippen molar-refractivity contribution in [3.63, 3.8) is 0 Å². The van der Waals surface area contributed by atoms with E-state index in [4.69, 9.17) is 0 Å². The van der Waals surface area contributed by atoms with Crippen molar-refractivity contribution in [2.45, 2.75) is 6.04 Å². The Balaban J connectivity index is 1.96. The van der Waals surface area contributed by atoms with Crippen LogP contribution >= 0.6 is 11.3 Å². The van der Waals surface area contributed by atoms with E-state index in [0.29, 0.717) is 5.75 Å². The molecule has 0 aliphatic carbocycles. The van der Waals surface area contributed by atoms with Gasteiger partial charge < -0.3 is 10.4 Å². The molecular formula is C15H18N2OS. The van der Waals surface area contributed by atoms with E-state index in [-0.39, 0.29) is 6.04 Å². The second-order valence-electron chi connectivity index (χ2n) is 4.80. The van der Waals surface area contributed by atoms with Gasteiger partial charge in [0, 0.05) is 31.1 Å². The van der Waals surface area contributed by atoms with E-state index in [1.807, 2.05) is 12.1 Å². The lowest BCUT2D eigenvalue weighted by Gasteiger charge is -2.34. The lowest BCUT2D eigenvalue weighted by Crippen LogP contribution is -2.45. The molecule has 1 aromatic heterocycles. The molecule has 3 nitrogen and oxygen atoms in total. The number of piperazine rings is 1. The minimum absolute atomic E-state index is 0.259. The van der Waals surface area contributed by atoms with Crippen LogP contribution in [0.2, 0.25) is 0 Å². The number of benzene rings is 1. The average Bonchev–Trinajstić information content (AvgIpc) is 2.94. The van der Waals surface area contributed by atoms with Gasteiger partial charge in [-0.15, -0.1) is 11.3 Å². The molecule has 1 aliphatic rings. The highest BCUT2D eigenvalue weighted by Crippen LogP contribution is 2.33. The lowest BCUT2D eigenvalue weighted by atomic mass is 10.0. The van der Waals surface area contributed by atoms with Gasteiger partial charge >= 0.3 is 0 Å². The minimum Gasteiger partial charge on any atom is -0.508 e. The Bertz CT molecular complexity index is 521. The number of hydrogen-bond donors (Lipinski definition) is 2. The summed E-state index contributed by atoms with van der Waals surface area (Å²) in [6.07, 6.45) is 0. The standard InChI is InChI=1S/C15H18N2OS/c18-13-4-1-3-12(11-13)15(14-5-2-10-19-14)17-8-6-16-7-9-17/h1-5,10-11,15-16,18H,6-9H2/t15-/m1/s1. The van der Waals surface area contributed by atoms with E-state index < -0.39 is 0 Å². The summed E-state index contributed by atoms with van der Waals surface area (Å²) in [4.78, 5) is 3.82. The molecule has 2 N–H and O–H groups in total. The molecule has 0 unspecified atom stereocenters. The van der Waals surface area contributed by atoms with Crippen molar-refractivity contribution < 1.29 is 5.11 Å². The number of nitrogens with one attached hydrogen (secondary N) is 1. The van der Waals surface area contributed by atoms with Crippen LogP contribution in [0.3, 0.4) is 0 Å². The topological polar surface area (TPSA) is 35.5 Å². The van der Waals surface area contributed by atoms with Crippen LogP contribution < -0.4 is 5.32 Å². The zero-order chi connectivity index (χ0) is 13.1. The van der Waals surface area contributed by atoms with Crippen LogP contribution in [0.15, 0.2) is 41.8 Å². The highest BCUT2D eigenvalue weighted by atomic mass is 32.1. The van der Waals surface area contributed by atoms with Crippen molar-refractivity contribution in [2.75, 3.05) is 26.2 Å². The number of phenols is 1. The Hall–Kier alpha value is -1.36. The third kappa shape index (κ3) is 2.81. The first-order chi connectivity index (χ1) is 9.34. The van der Waals surface area contributed by atoms with Crippen molar-refractivity contribution in [1.29, 1.82) is 0 Å². The molecule has 0 spiro atoms. The fourth-order valence-electron chi connectivity index (χ4n) is 2.64. The molecule has 3 rings (SSSR count). The molecular weight excluding hydrogens is 256 g/mol. The summed E-state index contributed by atoms with van der Waals surface area (Å²) in [6, 6.07) is 12.2. The van der Waals surface area contributed by atoms with Crippen LogP contribution in [0.25, 0.3) is 0 Å². The third-order valence-corrected chi connectivity index (χ3v) is 4.44. The van der Waals surface area contributed by atoms with Gasteiger partial charge in [0.05, 0.1) is 6.04 Å². The van der Waals surface area contributed by atoms with Crippen LogP contribution in [0.1, 0.15) is 16.5 Å². The van der Waals surface area contributed by atoms with Crippen molar-refractivity contribution in [3.05, 3.63) is 52.2 Å². The molecule has 0 amide bonds. The fourth-order valence-corrected chi connectivity index (χ4v) is 3.52. The maximum Gasteiger partial charge on any atom is 0.115 e. The number of phenolic OH excluding ortho intramolecular Hbond substituents is 1. The summed E-state index contributed by atoms with van der Waals surface area (Å²) in [5, 5.41) is 15.2. The van der Waals surface area contributed by atoms with E-state index in [1.165, 1.54) is 10.4 Å². The van der Waals surface area contributed by atoms with Gasteiger partial charge in [-0.05, 0) is 29.1 Å². The molecule has 19 heavy (non-hydrogen) atoms. The van der Waals surface area contributed by atoms with Crippen molar-refractivity contribution in [3.8, 4) is 5.75 Å². The van der Waals surface area contributed by atoms with E-state index in [0.717, 1.165) is 26.2 Å². The second kappa shape index (κ2) is 5.74. The maximum atomic E-state index is 9.73. The Morgan fingerprint density at radius 2 is 2.00 bits per heavy atom. The van der Waals surface area contributed by atoms with Gasteiger partial charge in [-0.3, -0.25) is 4.90 Å². The van der Waals surface area contributed by atoms with Crippen LogP contribution in [-0.4, -0.2) is 36.2 Å². The summed E-state index contributed by atoms with van der Waals surface area (Å²) >= 11 is 1.78. The largest absolute Gasteiger partial charge is 0.508 e. The Labute approximate surface area is 117 Å². The smallest absolute Gasteiger partial charge is 0.115 e. The number of hydrogen-bond acceptors (Lipinski definition) is 4. The Morgan fingerprint density at radius 3 is 2.68 bits per heavy atom. The average molecular weight is 274 g/mol. The molecule has 0 saturated carbocycles. The summed E-state index contributed by atoms with van der Waals surface area (Å²) in [5.74, 6) is 0.342. The summed E-state index contributed by atoms with van der Waals surface area (Å²) in [7, 11) is 0. The maximum absolute atomic E-state index is 9.73. The predicted molar refractivity (Wildman–Crippen MR) is 78.7 cm³/mol. The molecule has 0 bridgehead atoms. The first-order valence-electron chi connectivity index (χ1n) is 6.62. The van der Waals surface area contributed by atoms with Crippen molar-refractivity contribution >= 4 is 11.3 Å². The summed E-state index contributed by atoms with van der Waals surface area (Å²) in [5.41, 5.74) is 1.17. The molecule has 2 aromatic rings. The molecule has 1 aliphatic heterocycles. The monoisotopic (exact) mass is 274 g/mol. The normalized spacial score (nSPS) is 18.3. The van der Waals surface area contributed by atoms with E-state index in [9.17, 15) is 5.11 Å². The van der Waals surface area contributed by atoms with Gasteiger partial charge in [0.2, 0.25) is 0 Å². The SMILES string of the molecule is Oc1cccc([C@H](c2cccs2)N2CCNCC2)c1. The highest BCUT2D eigenvalue weighted by Gasteiger charge is 2.24. The van der Waals surface area contributed by atoms with Gasteiger partial charge in [-0.25, -0.2) is 0 Å². The van der Waals surface area contributed by atoms with E-state index in [2.05, 4.69) is 33.8 Å². The Kier molecular flexibility index (Phi) is 3.82. The number of thiophene rings is 1. The molecule has 1 fully saturated rings. The van der Waals surface area contributed by atoms with Gasteiger partial charge in [0.1, 0.15) is 5.75 Å². The zero-order valence-corrected chi connectivity index (χ0v) is 11.6. The second-order valence-corrected chi connectivity index (χ2v) is 5.78. The number of aromatic hydroxyl groups is 1. The zero-order valence-electron chi connectivity index (χ0n) is 10.7. The molecule has 1 saturated heterocycles. The van der Waals surface area contributed by atoms with Crippen LogP contribution in [0.5, 0.6) is 5.75 Å². The quantitative estimate of drug-likeness (QED) is 0.902. The van der Waals surface area contributed by atoms with E-state index >= 15 is 0 Å².